The van der Waals surface area contributed by atoms with Gasteiger partial charge in [0.25, 0.3) is 5.91 Å². The number of amides is 1. The molecule has 1 aromatic carbocycles. The fraction of sp³-hybridized carbons (Fsp3) is 0.417. The van der Waals surface area contributed by atoms with E-state index in [2.05, 4.69) is 15.9 Å². The molecule has 1 rings (SSSR count). The lowest BCUT2D eigenvalue weighted by Crippen LogP contribution is -2.33. The lowest BCUT2D eigenvalue weighted by atomic mass is 10.2. The van der Waals surface area contributed by atoms with Crippen LogP contribution in [0.5, 0.6) is 5.75 Å². The van der Waals surface area contributed by atoms with Crippen LogP contribution in [-0.2, 0) is 4.74 Å². The van der Waals surface area contributed by atoms with Crippen LogP contribution in [0.4, 0.5) is 0 Å². The summed E-state index contributed by atoms with van der Waals surface area (Å²) in [4.78, 5) is 13.8. The van der Waals surface area contributed by atoms with Gasteiger partial charge in [-0.1, -0.05) is 0 Å². The van der Waals surface area contributed by atoms with E-state index in [4.69, 9.17) is 4.74 Å². The van der Waals surface area contributed by atoms with Crippen LogP contribution in [0, 0.1) is 0 Å². The number of phenols is 1. The average molecular weight is 302 g/mol. The van der Waals surface area contributed by atoms with E-state index < -0.39 is 0 Å². The Balaban J connectivity index is 2.82. The van der Waals surface area contributed by atoms with Crippen LogP contribution >= 0.6 is 15.9 Å². The Bertz CT molecular complexity index is 395. The van der Waals surface area contributed by atoms with E-state index in [1.807, 2.05) is 6.92 Å². The minimum Gasteiger partial charge on any atom is -0.507 e. The van der Waals surface area contributed by atoms with Crippen LogP contribution < -0.4 is 0 Å². The van der Waals surface area contributed by atoms with E-state index >= 15 is 0 Å². The number of benzene rings is 1. The molecule has 5 heteroatoms. The van der Waals surface area contributed by atoms with Crippen molar-refractivity contribution in [1.29, 1.82) is 0 Å². The van der Waals surface area contributed by atoms with Gasteiger partial charge in [-0.2, -0.15) is 0 Å². The molecular weight excluding hydrogens is 286 g/mol. The van der Waals surface area contributed by atoms with Crippen molar-refractivity contribution < 1.29 is 14.6 Å². The van der Waals surface area contributed by atoms with Gasteiger partial charge in [0.05, 0.1) is 11.1 Å². The molecule has 94 valence electrons. The number of methoxy groups -OCH3 is 1. The highest BCUT2D eigenvalue weighted by atomic mass is 79.9. The molecule has 0 spiro atoms. The van der Waals surface area contributed by atoms with Gasteiger partial charge in [-0.3, -0.25) is 4.79 Å². The quantitative estimate of drug-likeness (QED) is 0.907. The summed E-state index contributed by atoms with van der Waals surface area (Å²) in [6.07, 6.45) is 0. The third kappa shape index (κ3) is 3.71. The zero-order chi connectivity index (χ0) is 12.8. The summed E-state index contributed by atoms with van der Waals surface area (Å²) >= 11 is 3.18. The van der Waals surface area contributed by atoms with Crippen molar-refractivity contribution in [3.63, 3.8) is 0 Å². The minimum atomic E-state index is -0.104. The zero-order valence-electron chi connectivity index (χ0n) is 9.94. The average Bonchev–Trinajstić information content (AvgIpc) is 2.33. The van der Waals surface area contributed by atoms with Gasteiger partial charge in [0, 0.05) is 25.8 Å². The Kier molecular flexibility index (Phi) is 5.44. The Hall–Kier alpha value is -1.07. The number of carbonyl (C=O) groups is 1. The summed E-state index contributed by atoms with van der Waals surface area (Å²) in [5, 5.41) is 9.54. The number of hydrogen-bond donors (Lipinski definition) is 1. The smallest absolute Gasteiger partial charge is 0.254 e. The maximum atomic E-state index is 12.1. The minimum absolute atomic E-state index is 0.0682. The Labute approximate surface area is 109 Å². The molecule has 1 N–H and O–H groups in total. The van der Waals surface area contributed by atoms with Crippen molar-refractivity contribution in [1.82, 2.24) is 4.90 Å². The Morgan fingerprint density at radius 2 is 2.24 bits per heavy atom. The fourth-order valence-electron chi connectivity index (χ4n) is 1.43. The molecule has 0 bridgehead atoms. The normalized spacial score (nSPS) is 10.3. The molecule has 1 amide bonds. The van der Waals surface area contributed by atoms with Gasteiger partial charge in [-0.05, 0) is 41.1 Å². The number of halogens is 1. The number of rotatable bonds is 5. The number of aromatic hydroxyl groups is 1. The van der Waals surface area contributed by atoms with Crippen molar-refractivity contribution >= 4 is 21.8 Å². The summed E-state index contributed by atoms with van der Waals surface area (Å²) in [6.45, 7) is 3.57. The number of hydrogen-bond acceptors (Lipinski definition) is 3. The molecule has 0 saturated heterocycles. The van der Waals surface area contributed by atoms with Crippen molar-refractivity contribution in [3.05, 3.63) is 28.2 Å². The van der Waals surface area contributed by atoms with E-state index in [0.717, 1.165) is 0 Å². The van der Waals surface area contributed by atoms with Crippen molar-refractivity contribution in [2.75, 3.05) is 26.8 Å². The van der Waals surface area contributed by atoms with Gasteiger partial charge in [0.2, 0.25) is 0 Å². The highest BCUT2D eigenvalue weighted by Gasteiger charge is 2.14. The molecule has 0 aliphatic heterocycles. The van der Waals surface area contributed by atoms with Crippen LogP contribution in [0.2, 0.25) is 0 Å². The first-order chi connectivity index (χ1) is 8.10. The zero-order valence-corrected chi connectivity index (χ0v) is 11.5. The molecule has 0 fully saturated rings. The topological polar surface area (TPSA) is 49.8 Å². The molecule has 1 aromatic rings. The first-order valence-corrected chi connectivity index (χ1v) is 6.16. The lowest BCUT2D eigenvalue weighted by molar-refractivity contribution is 0.0706. The molecular formula is C12H16BrNO3. The van der Waals surface area contributed by atoms with Crippen LogP contribution in [0.15, 0.2) is 22.7 Å². The van der Waals surface area contributed by atoms with Crippen LogP contribution in [0.25, 0.3) is 0 Å². The highest BCUT2D eigenvalue weighted by molar-refractivity contribution is 9.10. The third-order valence-electron chi connectivity index (χ3n) is 2.43. The standard InChI is InChI=1S/C12H16BrNO3/c1-3-14(6-7-17-2)12(16)9-4-5-10(13)11(15)8-9/h4-5,8,15H,3,6-7H2,1-2H3. The molecule has 0 heterocycles. The number of phenolic OH excluding ortho intramolecular Hbond substituents is 1. The lowest BCUT2D eigenvalue weighted by Gasteiger charge is -2.20. The second kappa shape index (κ2) is 6.61. The second-order valence-corrected chi connectivity index (χ2v) is 4.40. The second-order valence-electron chi connectivity index (χ2n) is 3.54. The summed E-state index contributed by atoms with van der Waals surface area (Å²) in [5.74, 6) is -0.0361. The van der Waals surface area contributed by atoms with Crippen LogP contribution in [-0.4, -0.2) is 42.7 Å². The Morgan fingerprint density at radius 3 is 2.76 bits per heavy atom. The predicted octanol–water partition coefficient (Wildman–Crippen LogP) is 2.26. The van der Waals surface area contributed by atoms with E-state index in [1.54, 1.807) is 24.1 Å². The highest BCUT2D eigenvalue weighted by Crippen LogP contribution is 2.24. The van der Waals surface area contributed by atoms with Gasteiger partial charge >= 0.3 is 0 Å². The molecule has 0 aromatic heterocycles. The molecule has 0 radical (unpaired) electrons. The van der Waals surface area contributed by atoms with Gasteiger partial charge in [0.1, 0.15) is 5.75 Å². The molecule has 0 atom stereocenters. The number of likely N-dealkylation sites (N-methyl/N-ethyl adjacent to an activating group) is 1. The first-order valence-electron chi connectivity index (χ1n) is 5.36. The number of carbonyl (C=O) groups excluding carboxylic acids is 1. The molecule has 4 nitrogen and oxygen atoms in total. The van der Waals surface area contributed by atoms with E-state index in [9.17, 15) is 9.90 Å². The molecule has 0 aliphatic carbocycles. The van der Waals surface area contributed by atoms with Gasteiger partial charge in [-0.25, -0.2) is 0 Å². The molecule has 0 aliphatic rings. The maximum Gasteiger partial charge on any atom is 0.254 e. The SMILES string of the molecule is CCN(CCOC)C(=O)c1ccc(Br)c(O)c1. The van der Waals surface area contributed by atoms with Crippen molar-refractivity contribution in [3.8, 4) is 5.75 Å². The van der Waals surface area contributed by atoms with Crippen LogP contribution in [0.1, 0.15) is 17.3 Å². The molecule has 0 saturated carbocycles. The first kappa shape index (κ1) is 14.0. The predicted molar refractivity (Wildman–Crippen MR) is 69.3 cm³/mol. The maximum absolute atomic E-state index is 12.1. The fourth-order valence-corrected chi connectivity index (χ4v) is 1.68. The van der Waals surface area contributed by atoms with Gasteiger partial charge < -0.3 is 14.7 Å². The number of ether oxygens (including phenoxy) is 1. The largest absolute Gasteiger partial charge is 0.507 e. The van der Waals surface area contributed by atoms with Crippen molar-refractivity contribution in [2.24, 2.45) is 0 Å². The van der Waals surface area contributed by atoms with Gasteiger partial charge in [-0.15, -0.1) is 0 Å². The third-order valence-corrected chi connectivity index (χ3v) is 3.10. The summed E-state index contributed by atoms with van der Waals surface area (Å²) in [6, 6.07) is 4.80. The Morgan fingerprint density at radius 1 is 1.53 bits per heavy atom. The van der Waals surface area contributed by atoms with Crippen molar-refractivity contribution in [2.45, 2.75) is 6.92 Å². The van der Waals surface area contributed by atoms with E-state index in [0.29, 0.717) is 29.7 Å². The van der Waals surface area contributed by atoms with E-state index in [-0.39, 0.29) is 11.7 Å². The monoisotopic (exact) mass is 301 g/mol. The van der Waals surface area contributed by atoms with E-state index in [1.165, 1.54) is 6.07 Å². The molecule has 0 unspecified atom stereocenters. The van der Waals surface area contributed by atoms with Gasteiger partial charge in [0.15, 0.2) is 0 Å². The van der Waals surface area contributed by atoms with Crippen LogP contribution in [0.3, 0.4) is 0 Å². The summed E-state index contributed by atoms with van der Waals surface area (Å²) < 4.78 is 5.53. The number of nitrogens with zero attached hydrogens (tertiary/aromatic N) is 1. The summed E-state index contributed by atoms with van der Waals surface area (Å²) in [5.41, 5.74) is 0.476. The summed E-state index contributed by atoms with van der Waals surface area (Å²) in [7, 11) is 1.60. The molecule has 17 heavy (non-hydrogen) atoms.